The highest BCUT2D eigenvalue weighted by atomic mass is 16.5. The third-order valence-electron chi connectivity index (χ3n) is 4.79. The van der Waals surface area contributed by atoms with Gasteiger partial charge in [-0.1, -0.05) is 11.6 Å². The zero-order valence-corrected chi connectivity index (χ0v) is 16.2. The Kier molecular flexibility index (Phi) is 5.49. The normalized spacial score (nSPS) is 15.5. The first-order valence-electron chi connectivity index (χ1n) is 9.02. The van der Waals surface area contributed by atoms with Gasteiger partial charge in [-0.15, -0.1) is 0 Å². The molecule has 2 aromatic rings. The Bertz CT molecular complexity index is 865. The van der Waals surface area contributed by atoms with E-state index in [9.17, 15) is 10.2 Å². The Labute approximate surface area is 159 Å². The summed E-state index contributed by atoms with van der Waals surface area (Å²) >= 11 is 0. The highest BCUT2D eigenvalue weighted by Gasteiger charge is 2.28. The van der Waals surface area contributed by atoms with Crippen molar-refractivity contribution in [1.29, 1.82) is 0 Å². The lowest BCUT2D eigenvalue weighted by Crippen LogP contribution is -2.17. The van der Waals surface area contributed by atoms with E-state index in [1.165, 1.54) is 5.57 Å². The first kappa shape index (κ1) is 19.0. The summed E-state index contributed by atoms with van der Waals surface area (Å²) in [6, 6.07) is 6.78. The molecule has 0 aromatic heterocycles. The molecule has 0 spiro atoms. The number of ether oxygens (including phenoxy) is 3. The van der Waals surface area contributed by atoms with Gasteiger partial charge < -0.3 is 24.4 Å². The van der Waals surface area contributed by atoms with Crippen molar-refractivity contribution in [3.63, 3.8) is 0 Å². The van der Waals surface area contributed by atoms with Gasteiger partial charge in [-0.05, 0) is 50.8 Å². The fourth-order valence-corrected chi connectivity index (χ4v) is 3.39. The SMILES string of the molecule is COc1cc(O)cc(C2CCc3c(OC)cc(O)c(CC=C(C)C)c3O2)c1. The lowest BCUT2D eigenvalue weighted by molar-refractivity contribution is 0.171. The number of phenols is 2. The molecule has 5 heteroatoms. The lowest BCUT2D eigenvalue weighted by Gasteiger charge is -2.30. The number of methoxy groups -OCH3 is 2. The van der Waals surface area contributed by atoms with Crippen LogP contribution in [0.25, 0.3) is 0 Å². The van der Waals surface area contributed by atoms with Crippen LogP contribution in [0.5, 0.6) is 28.7 Å². The van der Waals surface area contributed by atoms with Gasteiger partial charge in [-0.2, -0.15) is 0 Å². The van der Waals surface area contributed by atoms with Gasteiger partial charge in [0.2, 0.25) is 0 Å². The van der Waals surface area contributed by atoms with Crippen LogP contribution in [0.3, 0.4) is 0 Å². The predicted molar refractivity (Wildman–Crippen MR) is 104 cm³/mol. The minimum Gasteiger partial charge on any atom is -0.508 e. The molecule has 3 rings (SSSR count). The molecule has 27 heavy (non-hydrogen) atoms. The Hall–Kier alpha value is -2.82. The van der Waals surface area contributed by atoms with Crippen molar-refractivity contribution in [3.05, 3.63) is 52.6 Å². The summed E-state index contributed by atoms with van der Waals surface area (Å²) in [7, 11) is 3.16. The molecular formula is C22H26O5. The van der Waals surface area contributed by atoms with Crippen LogP contribution in [0.4, 0.5) is 0 Å². The van der Waals surface area contributed by atoms with Crippen molar-refractivity contribution in [1.82, 2.24) is 0 Å². The molecule has 144 valence electrons. The second-order valence-corrected chi connectivity index (χ2v) is 6.98. The fourth-order valence-electron chi connectivity index (χ4n) is 3.39. The van der Waals surface area contributed by atoms with Gasteiger partial charge in [-0.3, -0.25) is 0 Å². The number of rotatable bonds is 5. The van der Waals surface area contributed by atoms with Crippen LogP contribution in [0, 0.1) is 0 Å². The highest BCUT2D eigenvalue weighted by Crippen LogP contribution is 2.46. The van der Waals surface area contributed by atoms with E-state index in [1.807, 2.05) is 19.9 Å². The minimum atomic E-state index is -0.240. The smallest absolute Gasteiger partial charge is 0.134 e. The topological polar surface area (TPSA) is 68.2 Å². The number of fused-ring (bicyclic) bond motifs is 1. The van der Waals surface area contributed by atoms with Gasteiger partial charge >= 0.3 is 0 Å². The second kappa shape index (κ2) is 7.82. The van der Waals surface area contributed by atoms with E-state index in [0.717, 1.165) is 29.5 Å². The van der Waals surface area contributed by atoms with Crippen LogP contribution in [-0.2, 0) is 12.8 Å². The summed E-state index contributed by atoms with van der Waals surface area (Å²) in [5.41, 5.74) is 3.73. The highest BCUT2D eigenvalue weighted by molar-refractivity contribution is 5.58. The molecular weight excluding hydrogens is 344 g/mol. The van der Waals surface area contributed by atoms with E-state index < -0.39 is 0 Å². The molecule has 0 saturated heterocycles. The molecule has 1 aliphatic heterocycles. The number of benzene rings is 2. The maximum absolute atomic E-state index is 10.5. The molecule has 0 radical (unpaired) electrons. The zero-order chi connectivity index (χ0) is 19.6. The Balaban J connectivity index is 2.03. The molecule has 1 unspecified atom stereocenters. The summed E-state index contributed by atoms with van der Waals surface area (Å²) < 4.78 is 17.0. The van der Waals surface area contributed by atoms with Crippen molar-refractivity contribution in [2.24, 2.45) is 0 Å². The molecule has 1 heterocycles. The Morgan fingerprint density at radius 1 is 1.15 bits per heavy atom. The number of hydrogen-bond donors (Lipinski definition) is 2. The van der Waals surface area contributed by atoms with E-state index in [4.69, 9.17) is 14.2 Å². The molecule has 1 atom stereocenters. The van der Waals surface area contributed by atoms with Gasteiger partial charge in [0, 0.05) is 23.3 Å². The first-order chi connectivity index (χ1) is 12.9. The summed E-state index contributed by atoms with van der Waals surface area (Å²) in [6.45, 7) is 4.05. The van der Waals surface area contributed by atoms with Gasteiger partial charge in [0.15, 0.2) is 0 Å². The largest absolute Gasteiger partial charge is 0.508 e. The number of phenolic OH excluding ortho intramolecular Hbond substituents is 2. The molecule has 0 aliphatic carbocycles. The second-order valence-electron chi connectivity index (χ2n) is 6.98. The molecule has 0 fully saturated rings. The standard InChI is InChI=1S/C22H26O5/c1-13(2)5-6-17-19(24)12-21(26-4)18-7-8-20(27-22(17)18)14-9-15(23)11-16(10-14)25-3/h5,9-12,20,23-24H,6-8H2,1-4H3. The number of aromatic hydroxyl groups is 2. The van der Waals surface area contributed by atoms with Crippen molar-refractivity contribution in [3.8, 4) is 28.7 Å². The minimum absolute atomic E-state index is 0.136. The van der Waals surface area contributed by atoms with Crippen molar-refractivity contribution < 1.29 is 24.4 Å². The van der Waals surface area contributed by atoms with Crippen LogP contribution in [0.1, 0.15) is 43.1 Å². The summed E-state index contributed by atoms with van der Waals surface area (Å²) in [6.07, 6.45) is 3.89. The summed E-state index contributed by atoms with van der Waals surface area (Å²) in [4.78, 5) is 0. The number of hydrogen-bond acceptors (Lipinski definition) is 5. The van der Waals surface area contributed by atoms with E-state index >= 15 is 0 Å². The average molecular weight is 370 g/mol. The van der Waals surface area contributed by atoms with E-state index in [2.05, 4.69) is 6.08 Å². The molecule has 5 nitrogen and oxygen atoms in total. The molecule has 1 aliphatic rings. The van der Waals surface area contributed by atoms with Gasteiger partial charge in [0.1, 0.15) is 34.9 Å². The third-order valence-corrected chi connectivity index (χ3v) is 4.79. The number of allylic oxidation sites excluding steroid dienone is 2. The van der Waals surface area contributed by atoms with E-state index in [0.29, 0.717) is 23.7 Å². The van der Waals surface area contributed by atoms with E-state index in [1.54, 1.807) is 32.4 Å². The summed E-state index contributed by atoms with van der Waals surface area (Å²) in [5.74, 6) is 2.19. The maximum Gasteiger partial charge on any atom is 0.134 e. The first-order valence-corrected chi connectivity index (χ1v) is 9.02. The van der Waals surface area contributed by atoms with Crippen LogP contribution in [-0.4, -0.2) is 24.4 Å². The van der Waals surface area contributed by atoms with Crippen molar-refractivity contribution >= 4 is 0 Å². The molecule has 0 amide bonds. The average Bonchev–Trinajstić information content (AvgIpc) is 2.65. The van der Waals surface area contributed by atoms with Crippen LogP contribution in [0.15, 0.2) is 35.9 Å². The van der Waals surface area contributed by atoms with Crippen molar-refractivity contribution in [2.45, 2.75) is 39.2 Å². The van der Waals surface area contributed by atoms with Crippen LogP contribution >= 0.6 is 0 Å². The Morgan fingerprint density at radius 2 is 1.93 bits per heavy atom. The van der Waals surface area contributed by atoms with Crippen LogP contribution in [0.2, 0.25) is 0 Å². The van der Waals surface area contributed by atoms with Crippen LogP contribution < -0.4 is 14.2 Å². The predicted octanol–water partition coefficient (Wildman–Crippen LogP) is 4.69. The fraction of sp³-hybridized carbons (Fsp3) is 0.364. The molecule has 0 saturated carbocycles. The van der Waals surface area contributed by atoms with Crippen molar-refractivity contribution in [2.75, 3.05) is 14.2 Å². The lowest BCUT2D eigenvalue weighted by atomic mass is 9.93. The monoisotopic (exact) mass is 370 g/mol. The quantitative estimate of drug-likeness (QED) is 0.748. The Morgan fingerprint density at radius 3 is 2.59 bits per heavy atom. The zero-order valence-electron chi connectivity index (χ0n) is 16.2. The molecule has 0 bridgehead atoms. The van der Waals surface area contributed by atoms with Gasteiger partial charge in [0.05, 0.1) is 14.2 Å². The third kappa shape index (κ3) is 3.97. The molecule has 2 N–H and O–H groups in total. The molecule has 2 aromatic carbocycles. The maximum atomic E-state index is 10.5. The van der Waals surface area contributed by atoms with Gasteiger partial charge in [0.25, 0.3) is 0 Å². The summed E-state index contributed by atoms with van der Waals surface area (Å²) in [5, 5.41) is 20.5. The van der Waals surface area contributed by atoms with E-state index in [-0.39, 0.29) is 17.6 Å². The van der Waals surface area contributed by atoms with Gasteiger partial charge in [-0.25, -0.2) is 0 Å².